The molecule has 0 saturated heterocycles. The van der Waals surface area contributed by atoms with Crippen LogP contribution in [0.2, 0.25) is 0 Å². The molecule has 0 bridgehead atoms. The molecule has 1 amide bonds. The van der Waals surface area contributed by atoms with E-state index in [1.165, 1.54) is 36.4 Å². The van der Waals surface area contributed by atoms with E-state index in [-0.39, 0.29) is 15.7 Å². The van der Waals surface area contributed by atoms with Crippen LogP contribution < -0.4 is 14.3 Å². The predicted octanol–water partition coefficient (Wildman–Crippen LogP) is 4.65. The van der Waals surface area contributed by atoms with Crippen LogP contribution in [0.25, 0.3) is 0 Å². The van der Waals surface area contributed by atoms with Gasteiger partial charge in [-0.05, 0) is 100 Å². The van der Waals surface area contributed by atoms with Crippen molar-refractivity contribution in [1.82, 2.24) is 9.97 Å². The summed E-state index contributed by atoms with van der Waals surface area (Å²) in [6.45, 7) is 8.53. The number of amides is 1. The third-order valence-electron chi connectivity index (χ3n) is 6.05. The van der Waals surface area contributed by atoms with Crippen LogP contribution in [0.15, 0.2) is 82.6 Å². The smallest absolute Gasteiger partial charge is 0.264 e. The van der Waals surface area contributed by atoms with Gasteiger partial charge < -0.3 is 5.32 Å². The second kappa shape index (κ2) is 11.7. The Balaban J connectivity index is 1.55. The van der Waals surface area contributed by atoms with Crippen molar-refractivity contribution in [3.63, 3.8) is 0 Å². The standard InChI is InChI=1S/C29H31N5O5S2/c1-19-6-10-27(11-7-19)41(38,39)34(25-15-20(2)14-21(3)16-25)18-28(35)32-24-8-12-26(13-9-24)40(36,37)33-29-30-22(4)17-23(5)31-29/h6-17H,18H2,1-5H3,(H,32,35)(H,30,31,33). The minimum Gasteiger partial charge on any atom is -0.325 e. The maximum Gasteiger partial charge on any atom is 0.264 e. The normalized spacial score (nSPS) is 11.6. The van der Waals surface area contributed by atoms with Gasteiger partial charge in [-0.15, -0.1) is 0 Å². The summed E-state index contributed by atoms with van der Waals surface area (Å²) in [4.78, 5) is 21.3. The molecule has 0 aliphatic carbocycles. The van der Waals surface area contributed by atoms with E-state index in [1.807, 2.05) is 26.8 Å². The molecule has 0 radical (unpaired) electrons. The molecule has 214 valence electrons. The van der Waals surface area contributed by atoms with E-state index in [2.05, 4.69) is 20.0 Å². The molecular weight excluding hydrogens is 562 g/mol. The summed E-state index contributed by atoms with van der Waals surface area (Å²) in [6.07, 6.45) is 0. The van der Waals surface area contributed by atoms with Crippen molar-refractivity contribution in [3.8, 4) is 0 Å². The largest absolute Gasteiger partial charge is 0.325 e. The Morgan fingerprint density at radius 1 is 0.707 bits per heavy atom. The van der Waals surface area contributed by atoms with Gasteiger partial charge >= 0.3 is 0 Å². The summed E-state index contributed by atoms with van der Waals surface area (Å²) in [5.41, 5.74) is 4.49. The third kappa shape index (κ3) is 7.27. The Bertz CT molecular complexity index is 1770. The molecule has 0 unspecified atom stereocenters. The van der Waals surface area contributed by atoms with Crippen LogP contribution in [0.5, 0.6) is 0 Å². The Morgan fingerprint density at radius 2 is 1.24 bits per heavy atom. The molecule has 0 spiro atoms. The van der Waals surface area contributed by atoms with Gasteiger partial charge in [0.15, 0.2) is 0 Å². The molecule has 41 heavy (non-hydrogen) atoms. The number of hydrogen-bond acceptors (Lipinski definition) is 7. The van der Waals surface area contributed by atoms with Gasteiger partial charge in [0.05, 0.1) is 15.5 Å². The van der Waals surface area contributed by atoms with E-state index in [4.69, 9.17) is 0 Å². The molecule has 0 fully saturated rings. The Labute approximate surface area is 240 Å². The van der Waals surface area contributed by atoms with Crippen LogP contribution >= 0.6 is 0 Å². The third-order valence-corrected chi connectivity index (χ3v) is 9.18. The molecule has 12 heteroatoms. The number of carbonyl (C=O) groups is 1. The lowest BCUT2D eigenvalue weighted by atomic mass is 10.1. The Hall–Kier alpha value is -4.29. The summed E-state index contributed by atoms with van der Waals surface area (Å²) in [5, 5.41) is 2.66. The number of carbonyl (C=O) groups excluding carboxylic acids is 1. The topological polar surface area (TPSA) is 138 Å². The summed E-state index contributed by atoms with van der Waals surface area (Å²) in [5.74, 6) is -0.640. The zero-order valence-electron chi connectivity index (χ0n) is 23.3. The number of benzene rings is 3. The predicted molar refractivity (Wildman–Crippen MR) is 159 cm³/mol. The molecule has 0 saturated carbocycles. The second-order valence-corrected chi connectivity index (χ2v) is 13.4. The van der Waals surface area contributed by atoms with Gasteiger partial charge in [-0.3, -0.25) is 9.10 Å². The van der Waals surface area contributed by atoms with Crippen molar-refractivity contribution in [3.05, 3.63) is 101 Å². The van der Waals surface area contributed by atoms with Crippen LogP contribution in [-0.2, 0) is 24.8 Å². The summed E-state index contributed by atoms with van der Waals surface area (Å²) < 4.78 is 56.4. The lowest BCUT2D eigenvalue weighted by Gasteiger charge is -2.25. The molecule has 10 nitrogen and oxygen atoms in total. The number of sulfonamides is 2. The van der Waals surface area contributed by atoms with E-state index in [9.17, 15) is 21.6 Å². The van der Waals surface area contributed by atoms with E-state index >= 15 is 0 Å². The number of hydrogen-bond donors (Lipinski definition) is 2. The first-order chi connectivity index (χ1) is 19.2. The highest BCUT2D eigenvalue weighted by atomic mass is 32.2. The maximum absolute atomic E-state index is 13.7. The molecule has 4 rings (SSSR count). The fourth-order valence-corrected chi connectivity index (χ4v) is 6.59. The van der Waals surface area contributed by atoms with Gasteiger partial charge in [0.25, 0.3) is 20.0 Å². The fourth-order valence-electron chi connectivity index (χ4n) is 4.25. The summed E-state index contributed by atoms with van der Waals surface area (Å²) in [6, 6.07) is 19.0. The maximum atomic E-state index is 13.7. The highest BCUT2D eigenvalue weighted by molar-refractivity contribution is 7.93. The molecule has 1 aromatic heterocycles. The van der Waals surface area contributed by atoms with E-state index in [0.29, 0.717) is 22.8 Å². The van der Waals surface area contributed by atoms with Gasteiger partial charge in [-0.2, -0.15) is 0 Å². The minimum atomic E-state index is -4.08. The van der Waals surface area contributed by atoms with Crippen molar-refractivity contribution in [2.24, 2.45) is 0 Å². The highest BCUT2D eigenvalue weighted by Crippen LogP contribution is 2.26. The monoisotopic (exact) mass is 593 g/mol. The zero-order chi connectivity index (χ0) is 29.9. The average Bonchev–Trinajstić information content (AvgIpc) is 2.86. The summed E-state index contributed by atoms with van der Waals surface area (Å²) >= 11 is 0. The first-order valence-electron chi connectivity index (χ1n) is 12.7. The number of nitrogens with one attached hydrogen (secondary N) is 2. The van der Waals surface area contributed by atoms with Crippen LogP contribution in [0.1, 0.15) is 28.1 Å². The first-order valence-corrected chi connectivity index (χ1v) is 15.6. The van der Waals surface area contributed by atoms with Crippen LogP contribution in [-0.4, -0.2) is 39.3 Å². The van der Waals surface area contributed by atoms with Crippen molar-refractivity contribution >= 4 is 43.3 Å². The van der Waals surface area contributed by atoms with E-state index in [1.54, 1.807) is 44.2 Å². The zero-order valence-corrected chi connectivity index (χ0v) is 25.0. The SMILES string of the molecule is Cc1ccc(S(=O)(=O)N(CC(=O)Nc2ccc(S(=O)(=O)Nc3nc(C)cc(C)n3)cc2)c2cc(C)cc(C)c2)cc1. The molecule has 0 atom stereocenters. The van der Waals surface area contributed by atoms with Crippen molar-refractivity contribution in [2.45, 2.75) is 44.4 Å². The summed E-state index contributed by atoms with van der Waals surface area (Å²) in [7, 11) is -8.06. The van der Waals surface area contributed by atoms with Gasteiger partial charge in [0.1, 0.15) is 6.54 Å². The second-order valence-electron chi connectivity index (χ2n) is 9.82. The highest BCUT2D eigenvalue weighted by Gasteiger charge is 2.28. The number of rotatable bonds is 9. The lowest BCUT2D eigenvalue weighted by Crippen LogP contribution is -2.38. The van der Waals surface area contributed by atoms with Gasteiger partial charge in [-0.1, -0.05) is 23.8 Å². The number of nitrogens with zero attached hydrogens (tertiary/aromatic N) is 3. The molecule has 0 aliphatic rings. The van der Waals surface area contributed by atoms with Crippen LogP contribution in [0.3, 0.4) is 0 Å². The van der Waals surface area contributed by atoms with Crippen molar-refractivity contribution < 1.29 is 21.6 Å². The van der Waals surface area contributed by atoms with Gasteiger partial charge in [0.2, 0.25) is 11.9 Å². The minimum absolute atomic E-state index is 0.0406. The van der Waals surface area contributed by atoms with E-state index in [0.717, 1.165) is 21.0 Å². The van der Waals surface area contributed by atoms with Crippen molar-refractivity contribution in [2.75, 3.05) is 20.9 Å². The van der Waals surface area contributed by atoms with Crippen LogP contribution in [0.4, 0.5) is 17.3 Å². The molecule has 3 aromatic carbocycles. The number of aromatic nitrogens is 2. The molecule has 2 N–H and O–H groups in total. The lowest BCUT2D eigenvalue weighted by molar-refractivity contribution is -0.114. The average molecular weight is 594 g/mol. The number of anilines is 3. The number of aryl methyl sites for hydroxylation is 5. The quantitative estimate of drug-likeness (QED) is 0.288. The molecule has 4 aromatic rings. The van der Waals surface area contributed by atoms with E-state index < -0.39 is 32.5 Å². The fraction of sp³-hybridized carbons (Fsp3) is 0.207. The first kappa shape index (κ1) is 29.7. The molecule has 1 heterocycles. The Kier molecular flexibility index (Phi) is 8.45. The van der Waals surface area contributed by atoms with Gasteiger partial charge in [-0.25, -0.2) is 31.5 Å². The van der Waals surface area contributed by atoms with Crippen LogP contribution in [0, 0.1) is 34.6 Å². The molecule has 0 aliphatic heterocycles. The van der Waals surface area contributed by atoms with Crippen molar-refractivity contribution in [1.29, 1.82) is 0 Å². The van der Waals surface area contributed by atoms with Gasteiger partial charge in [0, 0.05) is 17.1 Å². The Morgan fingerprint density at radius 3 is 1.80 bits per heavy atom. The molecular formula is C29H31N5O5S2.